The van der Waals surface area contributed by atoms with Gasteiger partial charge in [-0.3, -0.25) is 10.1 Å². The van der Waals surface area contributed by atoms with E-state index in [4.69, 9.17) is 0 Å². The van der Waals surface area contributed by atoms with Crippen molar-refractivity contribution in [3.63, 3.8) is 0 Å². The third-order valence-electron chi connectivity index (χ3n) is 5.17. The van der Waals surface area contributed by atoms with Crippen molar-refractivity contribution in [1.82, 2.24) is 10.2 Å². The number of nitrogens with zero attached hydrogens (tertiary/aromatic N) is 2. The first-order valence-corrected chi connectivity index (χ1v) is 10.6. The maximum absolute atomic E-state index is 12.8. The van der Waals surface area contributed by atoms with Gasteiger partial charge in [-0.05, 0) is 29.1 Å². The van der Waals surface area contributed by atoms with Crippen LogP contribution in [-0.2, 0) is 4.79 Å². The fourth-order valence-electron chi connectivity index (χ4n) is 3.64. The maximum Gasteiger partial charge on any atom is 0.236 e. The lowest BCUT2D eigenvalue weighted by Gasteiger charge is -2.36. The number of carbonyl (C=O) groups is 1. The molecular formula is C23H25N3OS. The van der Waals surface area contributed by atoms with E-state index < -0.39 is 0 Å². The maximum atomic E-state index is 12.8. The van der Waals surface area contributed by atoms with Gasteiger partial charge in [-0.25, -0.2) is 0 Å². The van der Waals surface area contributed by atoms with Crippen LogP contribution in [0.3, 0.4) is 0 Å². The van der Waals surface area contributed by atoms with Crippen LogP contribution in [0.2, 0.25) is 0 Å². The molecule has 1 aromatic heterocycles. The van der Waals surface area contributed by atoms with E-state index in [1.54, 1.807) is 11.3 Å². The summed E-state index contributed by atoms with van der Waals surface area (Å²) in [7, 11) is 0. The van der Waals surface area contributed by atoms with Gasteiger partial charge in [0.1, 0.15) is 0 Å². The van der Waals surface area contributed by atoms with Crippen LogP contribution in [0.4, 0.5) is 5.69 Å². The molecule has 1 aliphatic heterocycles. The zero-order chi connectivity index (χ0) is 19.2. The molecule has 1 fully saturated rings. The van der Waals surface area contributed by atoms with Crippen molar-refractivity contribution in [2.24, 2.45) is 0 Å². The molecule has 1 atom stereocenters. The monoisotopic (exact) mass is 391 g/mol. The van der Waals surface area contributed by atoms with Crippen molar-refractivity contribution in [3.05, 3.63) is 88.6 Å². The van der Waals surface area contributed by atoms with Crippen molar-refractivity contribution in [2.75, 3.05) is 37.6 Å². The van der Waals surface area contributed by atoms with Crippen LogP contribution in [0, 0.1) is 0 Å². The lowest BCUT2D eigenvalue weighted by Crippen LogP contribution is -2.51. The number of piperazine rings is 1. The molecule has 1 aliphatic rings. The van der Waals surface area contributed by atoms with Gasteiger partial charge in [0.25, 0.3) is 0 Å². The number of para-hydroxylation sites is 1. The van der Waals surface area contributed by atoms with E-state index in [1.807, 2.05) is 29.2 Å². The third kappa shape index (κ3) is 4.43. The van der Waals surface area contributed by atoms with Crippen LogP contribution in [-0.4, -0.2) is 43.5 Å². The number of anilines is 1. The van der Waals surface area contributed by atoms with E-state index in [1.165, 1.54) is 16.1 Å². The molecule has 1 saturated heterocycles. The van der Waals surface area contributed by atoms with E-state index in [0.717, 1.165) is 26.2 Å². The van der Waals surface area contributed by atoms with Gasteiger partial charge < -0.3 is 9.80 Å². The Balaban J connectivity index is 1.34. The summed E-state index contributed by atoms with van der Waals surface area (Å²) >= 11 is 1.72. The highest BCUT2D eigenvalue weighted by Gasteiger charge is 2.22. The minimum Gasteiger partial charge on any atom is -0.368 e. The number of nitrogens with one attached hydrogen (secondary N) is 1. The number of hydrogen-bond donors (Lipinski definition) is 1. The van der Waals surface area contributed by atoms with Crippen molar-refractivity contribution >= 4 is 22.9 Å². The first-order chi connectivity index (χ1) is 13.8. The molecule has 4 nitrogen and oxygen atoms in total. The Labute approximate surface area is 170 Å². The summed E-state index contributed by atoms with van der Waals surface area (Å²) in [4.78, 5) is 18.3. The van der Waals surface area contributed by atoms with Crippen LogP contribution in [0.1, 0.15) is 16.5 Å². The molecular weight excluding hydrogens is 366 g/mol. The lowest BCUT2D eigenvalue weighted by molar-refractivity contribution is -0.130. The Bertz CT molecular complexity index is 859. The number of thiophene rings is 1. The Morgan fingerprint density at radius 3 is 2.21 bits per heavy atom. The second-order valence-corrected chi connectivity index (χ2v) is 7.92. The van der Waals surface area contributed by atoms with Crippen LogP contribution in [0.15, 0.2) is 78.2 Å². The predicted molar refractivity (Wildman–Crippen MR) is 116 cm³/mol. The molecule has 2 heterocycles. The molecule has 0 spiro atoms. The first-order valence-electron chi connectivity index (χ1n) is 9.71. The summed E-state index contributed by atoms with van der Waals surface area (Å²) in [5.74, 6) is 0.171. The fourth-order valence-corrected chi connectivity index (χ4v) is 4.46. The Morgan fingerprint density at radius 1 is 0.893 bits per heavy atom. The Kier molecular flexibility index (Phi) is 6.04. The van der Waals surface area contributed by atoms with Gasteiger partial charge in [0.15, 0.2) is 0 Å². The summed E-state index contributed by atoms with van der Waals surface area (Å²) in [6, 6.07) is 25.0. The molecule has 0 unspecified atom stereocenters. The van der Waals surface area contributed by atoms with E-state index >= 15 is 0 Å². The molecule has 0 bridgehead atoms. The quantitative estimate of drug-likeness (QED) is 0.695. The highest BCUT2D eigenvalue weighted by Crippen LogP contribution is 2.25. The zero-order valence-corrected chi connectivity index (χ0v) is 16.6. The van der Waals surface area contributed by atoms with Gasteiger partial charge in [0, 0.05) is 36.7 Å². The number of carbonyl (C=O) groups excluding carboxylic acids is 1. The van der Waals surface area contributed by atoms with Crippen LogP contribution in [0.5, 0.6) is 0 Å². The molecule has 1 amide bonds. The molecule has 4 rings (SSSR count). The second-order valence-electron chi connectivity index (χ2n) is 6.94. The van der Waals surface area contributed by atoms with Gasteiger partial charge in [0.2, 0.25) is 5.91 Å². The number of rotatable bonds is 6. The summed E-state index contributed by atoms with van der Waals surface area (Å²) in [6.45, 7) is 3.64. The SMILES string of the molecule is O=C(CN[C@H](c1ccccc1)c1cccs1)N1CCN(c2ccccc2)CC1. The standard InChI is InChI=1S/C23H25N3OS/c27-22(26-15-13-25(14-16-26)20-10-5-2-6-11-20)18-24-23(21-12-7-17-28-21)19-8-3-1-4-9-19/h1-12,17,23-24H,13-16,18H2/t23-/m1/s1. The normalized spacial score (nSPS) is 15.4. The van der Waals surface area contributed by atoms with Crippen molar-refractivity contribution in [1.29, 1.82) is 0 Å². The smallest absolute Gasteiger partial charge is 0.236 e. The summed E-state index contributed by atoms with van der Waals surface area (Å²) in [5, 5.41) is 5.56. The highest BCUT2D eigenvalue weighted by atomic mass is 32.1. The fraction of sp³-hybridized carbons (Fsp3) is 0.261. The molecule has 0 radical (unpaired) electrons. The molecule has 5 heteroatoms. The van der Waals surface area contributed by atoms with E-state index in [2.05, 4.69) is 64.1 Å². The average molecular weight is 392 g/mol. The lowest BCUT2D eigenvalue weighted by atomic mass is 10.1. The van der Waals surface area contributed by atoms with E-state index in [0.29, 0.717) is 6.54 Å². The van der Waals surface area contributed by atoms with Crippen molar-refractivity contribution in [3.8, 4) is 0 Å². The van der Waals surface area contributed by atoms with Gasteiger partial charge in [-0.1, -0.05) is 54.6 Å². The predicted octanol–water partition coefficient (Wildman–Crippen LogP) is 3.78. The molecule has 144 valence electrons. The van der Waals surface area contributed by atoms with Crippen LogP contribution >= 0.6 is 11.3 Å². The van der Waals surface area contributed by atoms with Gasteiger partial charge >= 0.3 is 0 Å². The average Bonchev–Trinajstić information content (AvgIpc) is 3.30. The minimum atomic E-state index is 0.0516. The van der Waals surface area contributed by atoms with E-state index in [-0.39, 0.29) is 11.9 Å². The van der Waals surface area contributed by atoms with E-state index in [9.17, 15) is 4.79 Å². The van der Waals surface area contributed by atoms with Gasteiger partial charge in [-0.15, -0.1) is 11.3 Å². The Morgan fingerprint density at radius 2 is 1.57 bits per heavy atom. The summed E-state index contributed by atoms with van der Waals surface area (Å²) in [5.41, 5.74) is 2.42. The summed E-state index contributed by atoms with van der Waals surface area (Å²) in [6.07, 6.45) is 0. The minimum absolute atomic E-state index is 0.0516. The van der Waals surface area contributed by atoms with Crippen LogP contribution < -0.4 is 10.2 Å². The number of amides is 1. The largest absolute Gasteiger partial charge is 0.368 e. The van der Waals surface area contributed by atoms with Crippen LogP contribution in [0.25, 0.3) is 0 Å². The second kappa shape index (κ2) is 9.04. The number of hydrogen-bond acceptors (Lipinski definition) is 4. The molecule has 2 aromatic carbocycles. The molecule has 0 aliphatic carbocycles. The molecule has 28 heavy (non-hydrogen) atoms. The van der Waals surface area contributed by atoms with Gasteiger partial charge in [-0.2, -0.15) is 0 Å². The number of benzene rings is 2. The first kappa shape index (κ1) is 18.7. The van der Waals surface area contributed by atoms with Crippen molar-refractivity contribution < 1.29 is 4.79 Å². The third-order valence-corrected chi connectivity index (χ3v) is 6.11. The molecule has 3 aromatic rings. The van der Waals surface area contributed by atoms with Gasteiger partial charge in [0.05, 0.1) is 12.6 Å². The molecule has 0 saturated carbocycles. The summed E-state index contributed by atoms with van der Waals surface area (Å²) < 4.78 is 0. The molecule has 1 N–H and O–H groups in total. The zero-order valence-electron chi connectivity index (χ0n) is 15.8. The topological polar surface area (TPSA) is 35.6 Å². The highest BCUT2D eigenvalue weighted by molar-refractivity contribution is 7.10. The Hall–Kier alpha value is -2.63. The van der Waals surface area contributed by atoms with Crippen molar-refractivity contribution in [2.45, 2.75) is 6.04 Å².